The molecule has 0 aromatic heterocycles. The lowest BCUT2D eigenvalue weighted by molar-refractivity contribution is -0.123. The van der Waals surface area contributed by atoms with Gasteiger partial charge in [-0.15, -0.1) is 0 Å². The first-order valence-electron chi connectivity index (χ1n) is 10.3. The highest BCUT2D eigenvalue weighted by atomic mass is 19.1. The Bertz CT molecular complexity index is 857. The second-order valence-corrected chi connectivity index (χ2v) is 7.46. The fourth-order valence-electron chi connectivity index (χ4n) is 3.58. The van der Waals surface area contributed by atoms with E-state index in [0.717, 1.165) is 24.9 Å². The Morgan fingerprint density at radius 3 is 2.73 bits per heavy atom. The van der Waals surface area contributed by atoms with Gasteiger partial charge in [-0.25, -0.2) is 4.39 Å². The van der Waals surface area contributed by atoms with Crippen LogP contribution in [0.5, 0.6) is 5.75 Å². The molecule has 1 aliphatic heterocycles. The molecule has 160 valence electrons. The van der Waals surface area contributed by atoms with Crippen LogP contribution in [0.3, 0.4) is 0 Å². The molecule has 1 unspecified atom stereocenters. The van der Waals surface area contributed by atoms with Crippen molar-refractivity contribution in [3.63, 3.8) is 0 Å². The summed E-state index contributed by atoms with van der Waals surface area (Å²) in [6.07, 6.45) is 1.76. The monoisotopic (exact) mass is 413 g/mol. The second-order valence-electron chi connectivity index (χ2n) is 7.46. The normalized spacial score (nSPS) is 16.7. The molecule has 1 heterocycles. The predicted octanol–water partition coefficient (Wildman–Crippen LogP) is 3.19. The molecule has 2 aromatic carbocycles. The molecule has 3 rings (SSSR count). The molecule has 0 spiro atoms. The minimum Gasteiger partial charge on any atom is -0.484 e. The number of piperidine rings is 1. The average molecular weight is 413 g/mol. The second kappa shape index (κ2) is 10.7. The molecule has 6 nitrogen and oxygen atoms in total. The molecule has 2 N–H and O–H groups in total. The molecule has 0 radical (unpaired) electrons. The minimum absolute atomic E-state index is 0.0186. The van der Waals surface area contributed by atoms with E-state index in [2.05, 4.69) is 15.5 Å². The van der Waals surface area contributed by atoms with Gasteiger partial charge in [-0.1, -0.05) is 12.1 Å². The van der Waals surface area contributed by atoms with Crippen molar-refractivity contribution in [1.29, 1.82) is 0 Å². The van der Waals surface area contributed by atoms with Crippen LogP contribution in [-0.4, -0.2) is 43.0 Å². The van der Waals surface area contributed by atoms with Gasteiger partial charge in [0.25, 0.3) is 5.91 Å². The molecule has 1 atom stereocenters. The van der Waals surface area contributed by atoms with E-state index in [-0.39, 0.29) is 30.2 Å². The lowest BCUT2D eigenvalue weighted by Crippen LogP contribution is -2.40. The van der Waals surface area contributed by atoms with Crippen LogP contribution in [0.2, 0.25) is 0 Å². The number of ether oxygens (including phenoxy) is 1. The van der Waals surface area contributed by atoms with E-state index >= 15 is 0 Å². The summed E-state index contributed by atoms with van der Waals surface area (Å²) in [4.78, 5) is 26.4. The number of benzene rings is 2. The van der Waals surface area contributed by atoms with Gasteiger partial charge in [0.2, 0.25) is 5.91 Å². The van der Waals surface area contributed by atoms with Crippen molar-refractivity contribution in [3.8, 4) is 5.75 Å². The number of rotatable bonds is 8. The van der Waals surface area contributed by atoms with Crippen LogP contribution in [0.1, 0.15) is 25.3 Å². The number of likely N-dealkylation sites (N-methyl/N-ethyl adjacent to an activating group) is 1. The molecule has 0 saturated carbocycles. The number of likely N-dealkylation sites (tertiary alicyclic amines) is 1. The van der Waals surface area contributed by atoms with Crippen molar-refractivity contribution in [1.82, 2.24) is 10.2 Å². The fourth-order valence-corrected chi connectivity index (χ4v) is 3.58. The summed E-state index contributed by atoms with van der Waals surface area (Å²) in [5.41, 5.74) is 1.60. The summed E-state index contributed by atoms with van der Waals surface area (Å²) in [5.74, 6) is 0.0290. The highest BCUT2D eigenvalue weighted by Gasteiger charge is 2.26. The maximum Gasteiger partial charge on any atom is 0.257 e. The van der Waals surface area contributed by atoms with Gasteiger partial charge in [0.15, 0.2) is 6.61 Å². The number of nitrogens with zero attached hydrogens (tertiary/aromatic N) is 1. The number of hydrogen-bond donors (Lipinski definition) is 2. The third kappa shape index (κ3) is 6.56. The number of anilines is 1. The Labute approximate surface area is 176 Å². The van der Waals surface area contributed by atoms with Gasteiger partial charge >= 0.3 is 0 Å². The van der Waals surface area contributed by atoms with E-state index in [4.69, 9.17) is 4.74 Å². The van der Waals surface area contributed by atoms with Gasteiger partial charge in [-0.2, -0.15) is 0 Å². The van der Waals surface area contributed by atoms with Crippen LogP contribution in [0.4, 0.5) is 10.1 Å². The van der Waals surface area contributed by atoms with Gasteiger partial charge in [-0.05, 0) is 68.3 Å². The SMILES string of the molecule is CCNC(=O)COc1ccc(NC(=O)C2CCCN(Cc3cccc(F)c3)C2)cc1. The van der Waals surface area contributed by atoms with E-state index in [1.807, 2.05) is 13.0 Å². The first kappa shape index (κ1) is 21.8. The predicted molar refractivity (Wildman–Crippen MR) is 114 cm³/mol. The molecule has 30 heavy (non-hydrogen) atoms. The summed E-state index contributed by atoms with van der Waals surface area (Å²) >= 11 is 0. The van der Waals surface area contributed by atoms with Crippen molar-refractivity contribution < 1.29 is 18.7 Å². The number of amides is 2. The fraction of sp³-hybridized carbons (Fsp3) is 0.391. The van der Waals surface area contributed by atoms with Crippen LogP contribution in [0, 0.1) is 11.7 Å². The maximum atomic E-state index is 13.4. The molecule has 1 fully saturated rings. The summed E-state index contributed by atoms with van der Waals surface area (Å²) in [7, 11) is 0. The standard InChI is InChI=1S/C23H28FN3O3/c1-2-25-22(28)16-30-21-10-8-20(9-11-21)26-23(29)18-6-4-12-27(15-18)14-17-5-3-7-19(24)13-17/h3,5,7-11,13,18H,2,4,6,12,14-16H2,1H3,(H,25,28)(H,26,29). The lowest BCUT2D eigenvalue weighted by atomic mass is 9.96. The third-order valence-electron chi connectivity index (χ3n) is 5.04. The number of hydrogen-bond acceptors (Lipinski definition) is 4. The van der Waals surface area contributed by atoms with E-state index in [1.165, 1.54) is 6.07 Å². The largest absolute Gasteiger partial charge is 0.484 e. The molecular weight excluding hydrogens is 385 g/mol. The van der Waals surface area contributed by atoms with Crippen molar-refractivity contribution in [2.24, 2.45) is 5.92 Å². The van der Waals surface area contributed by atoms with Crippen LogP contribution >= 0.6 is 0 Å². The highest BCUT2D eigenvalue weighted by molar-refractivity contribution is 5.92. The molecule has 1 aliphatic rings. The summed E-state index contributed by atoms with van der Waals surface area (Å²) < 4.78 is 18.8. The molecule has 2 amide bonds. The topological polar surface area (TPSA) is 70.7 Å². The van der Waals surface area contributed by atoms with Crippen LogP contribution in [-0.2, 0) is 16.1 Å². The van der Waals surface area contributed by atoms with Crippen molar-refractivity contribution in [2.75, 3.05) is 31.6 Å². The molecule has 0 bridgehead atoms. The zero-order valence-corrected chi connectivity index (χ0v) is 17.2. The number of nitrogens with one attached hydrogen (secondary N) is 2. The van der Waals surface area contributed by atoms with Crippen molar-refractivity contribution in [3.05, 3.63) is 59.9 Å². The average Bonchev–Trinajstić information content (AvgIpc) is 2.74. The van der Waals surface area contributed by atoms with Crippen molar-refractivity contribution in [2.45, 2.75) is 26.3 Å². The van der Waals surface area contributed by atoms with Crippen LogP contribution in [0.25, 0.3) is 0 Å². The third-order valence-corrected chi connectivity index (χ3v) is 5.04. The van der Waals surface area contributed by atoms with E-state index in [0.29, 0.717) is 31.1 Å². The molecule has 1 saturated heterocycles. The van der Waals surface area contributed by atoms with E-state index in [9.17, 15) is 14.0 Å². The number of carbonyl (C=O) groups is 2. The van der Waals surface area contributed by atoms with Gasteiger partial charge in [0.05, 0.1) is 5.92 Å². The zero-order valence-electron chi connectivity index (χ0n) is 17.2. The Morgan fingerprint density at radius 2 is 2.00 bits per heavy atom. The Morgan fingerprint density at radius 1 is 1.20 bits per heavy atom. The Kier molecular flexibility index (Phi) is 7.79. The molecule has 2 aromatic rings. The van der Waals surface area contributed by atoms with Gasteiger partial charge in [-0.3, -0.25) is 14.5 Å². The quantitative estimate of drug-likeness (QED) is 0.697. The van der Waals surface area contributed by atoms with Gasteiger partial charge in [0.1, 0.15) is 11.6 Å². The molecule has 0 aliphatic carbocycles. The summed E-state index contributed by atoms with van der Waals surface area (Å²) in [5, 5.41) is 5.62. The smallest absolute Gasteiger partial charge is 0.257 e. The Balaban J connectivity index is 1.49. The van der Waals surface area contributed by atoms with Gasteiger partial charge < -0.3 is 15.4 Å². The van der Waals surface area contributed by atoms with Crippen LogP contribution < -0.4 is 15.4 Å². The van der Waals surface area contributed by atoms with Gasteiger partial charge in [0, 0.05) is 25.3 Å². The molecule has 7 heteroatoms. The first-order valence-corrected chi connectivity index (χ1v) is 10.3. The van der Waals surface area contributed by atoms with Crippen molar-refractivity contribution >= 4 is 17.5 Å². The number of halogens is 1. The van der Waals surface area contributed by atoms with E-state index in [1.54, 1.807) is 36.4 Å². The summed E-state index contributed by atoms with van der Waals surface area (Å²) in [6.45, 7) is 4.56. The minimum atomic E-state index is -0.239. The Hall–Kier alpha value is -2.93. The number of carbonyl (C=O) groups excluding carboxylic acids is 2. The molecular formula is C23H28FN3O3. The zero-order chi connectivity index (χ0) is 21.3. The highest BCUT2D eigenvalue weighted by Crippen LogP contribution is 2.22. The summed E-state index contributed by atoms with van der Waals surface area (Å²) in [6, 6.07) is 13.6. The first-order chi connectivity index (χ1) is 14.5. The van der Waals surface area contributed by atoms with Crippen LogP contribution in [0.15, 0.2) is 48.5 Å². The maximum absolute atomic E-state index is 13.4. The lowest BCUT2D eigenvalue weighted by Gasteiger charge is -2.32. The van der Waals surface area contributed by atoms with E-state index < -0.39 is 0 Å².